The maximum Gasteiger partial charge on any atom is 0.138 e. The highest BCUT2D eigenvalue weighted by molar-refractivity contribution is 9.10. The van der Waals surface area contributed by atoms with Gasteiger partial charge in [0.15, 0.2) is 0 Å². The molecule has 0 saturated heterocycles. The zero-order valence-electron chi connectivity index (χ0n) is 10.3. The van der Waals surface area contributed by atoms with Gasteiger partial charge in [-0.25, -0.2) is 4.39 Å². The summed E-state index contributed by atoms with van der Waals surface area (Å²) in [6.07, 6.45) is 0.679. The van der Waals surface area contributed by atoms with E-state index in [1.54, 1.807) is 6.07 Å². The van der Waals surface area contributed by atoms with Gasteiger partial charge >= 0.3 is 0 Å². The molecule has 0 bridgehead atoms. The average Bonchev–Trinajstić information content (AvgIpc) is 2.70. The molecule has 0 aliphatic carbocycles. The number of furan rings is 1. The van der Waals surface area contributed by atoms with E-state index in [1.165, 1.54) is 6.07 Å². The summed E-state index contributed by atoms with van der Waals surface area (Å²) >= 11 is 3.17. The normalized spacial score (nSPS) is 12.7. The van der Waals surface area contributed by atoms with Crippen LogP contribution in [0.1, 0.15) is 18.2 Å². The zero-order valence-corrected chi connectivity index (χ0v) is 11.9. The number of benzene rings is 1. The first-order valence-electron chi connectivity index (χ1n) is 5.77. The number of halogens is 2. The molecule has 96 valence electrons. The number of hydrogen-bond acceptors (Lipinski definition) is 2. The molecule has 2 aromatic rings. The van der Waals surface area contributed by atoms with Crippen LogP contribution in [0, 0.1) is 12.7 Å². The van der Waals surface area contributed by atoms with E-state index in [9.17, 15) is 4.39 Å². The van der Waals surface area contributed by atoms with Crippen LogP contribution in [0.25, 0.3) is 11.3 Å². The maximum atomic E-state index is 13.6. The predicted octanol–water partition coefficient (Wildman–Crippen LogP) is 4.05. The minimum Gasteiger partial charge on any atom is -0.461 e. The van der Waals surface area contributed by atoms with Crippen LogP contribution in [0.4, 0.5) is 4.39 Å². The highest BCUT2D eigenvalue weighted by Crippen LogP contribution is 2.30. The van der Waals surface area contributed by atoms with Crippen molar-refractivity contribution in [1.29, 1.82) is 0 Å². The molecule has 0 spiro atoms. The lowest BCUT2D eigenvalue weighted by Crippen LogP contribution is -2.17. The van der Waals surface area contributed by atoms with E-state index >= 15 is 0 Å². The molecule has 1 aromatic carbocycles. The summed E-state index contributed by atoms with van der Waals surface area (Å²) in [6, 6.07) is 7.02. The highest BCUT2D eigenvalue weighted by Gasteiger charge is 2.11. The van der Waals surface area contributed by atoms with Gasteiger partial charge in [0, 0.05) is 18.0 Å². The Morgan fingerprint density at radius 2 is 2.11 bits per heavy atom. The number of nitrogens with two attached hydrogens (primary N) is 1. The van der Waals surface area contributed by atoms with Gasteiger partial charge in [-0.05, 0) is 59.6 Å². The summed E-state index contributed by atoms with van der Waals surface area (Å²) < 4.78 is 19.7. The average molecular weight is 312 g/mol. The molecule has 1 heterocycles. The summed E-state index contributed by atoms with van der Waals surface area (Å²) in [6.45, 7) is 3.85. The van der Waals surface area contributed by atoms with Crippen molar-refractivity contribution in [3.05, 3.63) is 45.9 Å². The smallest absolute Gasteiger partial charge is 0.138 e. The lowest BCUT2D eigenvalue weighted by Gasteiger charge is -2.05. The molecule has 0 aliphatic rings. The van der Waals surface area contributed by atoms with Crippen LogP contribution in [0.5, 0.6) is 0 Å². The monoisotopic (exact) mass is 311 g/mol. The summed E-state index contributed by atoms with van der Waals surface area (Å²) in [5.74, 6) is 1.21. The van der Waals surface area contributed by atoms with Gasteiger partial charge in [0.05, 0.1) is 4.47 Å². The van der Waals surface area contributed by atoms with Crippen molar-refractivity contribution in [1.82, 2.24) is 0 Å². The van der Waals surface area contributed by atoms with Crippen LogP contribution in [0.15, 0.2) is 33.2 Å². The first-order chi connectivity index (χ1) is 8.47. The van der Waals surface area contributed by atoms with Crippen LogP contribution >= 0.6 is 15.9 Å². The minimum absolute atomic E-state index is 0.0479. The second kappa shape index (κ2) is 5.24. The summed E-state index contributed by atoms with van der Waals surface area (Å²) in [4.78, 5) is 0. The van der Waals surface area contributed by atoms with Crippen molar-refractivity contribution in [3.8, 4) is 11.3 Å². The van der Waals surface area contributed by atoms with Gasteiger partial charge in [-0.1, -0.05) is 0 Å². The van der Waals surface area contributed by atoms with Crippen molar-refractivity contribution in [2.24, 2.45) is 5.73 Å². The molecule has 2 rings (SSSR count). The van der Waals surface area contributed by atoms with Crippen LogP contribution in [-0.4, -0.2) is 6.04 Å². The molecule has 0 radical (unpaired) electrons. The van der Waals surface area contributed by atoms with E-state index in [2.05, 4.69) is 15.9 Å². The van der Waals surface area contributed by atoms with Gasteiger partial charge in [0.2, 0.25) is 0 Å². The van der Waals surface area contributed by atoms with Crippen molar-refractivity contribution >= 4 is 15.9 Å². The van der Waals surface area contributed by atoms with Crippen molar-refractivity contribution in [2.75, 3.05) is 0 Å². The van der Waals surface area contributed by atoms with Gasteiger partial charge in [-0.2, -0.15) is 0 Å². The first kappa shape index (κ1) is 13.3. The van der Waals surface area contributed by atoms with E-state index < -0.39 is 0 Å². The third-order valence-electron chi connectivity index (χ3n) is 2.72. The Hall–Kier alpha value is -1.13. The molecule has 2 N–H and O–H groups in total. The third-order valence-corrected chi connectivity index (χ3v) is 3.33. The van der Waals surface area contributed by atoms with Crippen LogP contribution < -0.4 is 5.73 Å². The Morgan fingerprint density at radius 3 is 2.78 bits per heavy atom. The van der Waals surface area contributed by atoms with Crippen LogP contribution in [-0.2, 0) is 6.42 Å². The summed E-state index contributed by atoms with van der Waals surface area (Å²) in [5, 5.41) is 0. The Labute approximate surface area is 114 Å². The van der Waals surface area contributed by atoms with Gasteiger partial charge in [-0.3, -0.25) is 0 Å². The fourth-order valence-electron chi connectivity index (χ4n) is 1.86. The number of rotatable bonds is 3. The SMILES string of the molecule is Cc1cc(Br)c(F)cc1-c1ccc(CC(C)N)o1. The molecular formula is C14H15BrFNO. The lowest BCUT2D eigenvalue weighted by molar-refractivity contribution is 0.502. The molecule has 4 heteroatoms. The fraction of sp³-hybridized carbons (Fsp3) is 0.286. The molecule has 0 amide bonds. The Bertz CT molecular complexity index is 563. The van der Waals surface area contributed by atoms with Crippen molar-refractivity contribution < 1.29 is 8.81 Å². The second-order valence-corrected chi connectivity index (χ2v) is 5.38. The Kier molecular flexibility index (Phi) is 3.88. The first-order valence-corrected chi connectivity index (χ1v) is 6.57. The number of hydrogen-bond donors (Lipinski definition) is 1. The molecule has 1 atom stereocenters. The molecule has 0 saturated carbocycles. The largest absolute Gasteiger partial charge is 0.461 e. The Balaban J connectivity index is 2.37. The lowest BCUT2D eigenvalue weighted by atomic mass is 10.1. The van der Waals surface area contributed by atoms with E-state index in [-0.39, 0.29) is 11.9 Å². The number of aryl methyl sites for hydroxylation is 1. The van der Waals surface area contributed by atoms with E-state index in [4.69, 9.17) is 10.2 Å². The van der Waals surface area contributed by atoms with Gasteiger partial charge in [-0.15, -0.1) is 0 Å². The van der Waals surface area contributed by atoms with Gasteiger partial charge < -0.3 is 10.2 Å². The van der Waals surface area contributed by atoms with Crippen molar-refractivity contribution in [3.63, 3.8) is 0 Å². The summed E-state index contributed by atoms with van der Waals surface area (Å²) in [5.41, 5.74) is 7.45. The van der Waals surface area contributed by atoms with Gasteiger partial charge in [0.25, 0.3) is 0 Å². The topological polar surface area (TPSA) is 39.2 Å². The van der Waals surface area contributed by atoms with Crippen LogP contribution in [0.2, 0.25) is 0 Å². The van der Waals surface area contributed by atoms with Crippen molar-refractivity contribution in [2.45, 2.75) is 26.3 Å². The molecule has 2 nitrogen and oxygen atoms in total. The molecule has 1 aromatic heterocycles. The quantitative estimate of drug-likeness (QED) is 0.929. The summed E-state index contributed by atoms with van der Waals surface area (Å²) in [7, 11) is 0. The van der Waals surface area contributed by atoms with Crippen LogP contribution in [0.3, 0.4) is 0 Å². The second-order valence-electron chi connectivity index (χ2n) is 4.53. The molecule has 18 heavy (non-hydrogen) atoms. The zero-order chi connectivity index (χ0) is 13.3. The highest BCUT2D eigenvalue weighted by atomic mass is 79.9. The third kappa shape index (κ3) is 2.82. The molecule has 0 fully saturated rings. The fourth-order valence-corrected chi connectivity index (χ4v) is 2.32. The standard InChI is InChI=1S/C14H15BrFNO/c1-8-5-12(15)13(16)7-11(8)14-4-3-10(18-14)6-9(2)17/h3-5,7,9H,6,17H2,1-2H3. The maximum absolute atomic E-state index is 13.6. The van der Waals surface area contributed by atoms with E-state index in [0.717, 1.165) is 16.9 Å². The van der Waals surface area contributed by atoms with E-state index in [1.807, 2.05) is 26.0 Å². The van der Waals surface area contributed by atoms with Gasteiger partial charge in [0.1, 0.15) is 17.3 Å². The molecular weight excluding hydrogens is 297 g/mol. The molecule has 1 unspecified atom stereocenters. The Morgan fingerprint density at radius 1 is 1.39 bits per heavy atom. The molecule has 0 aliphatic heterocycles. The minimum atomic E-state index is -0.291. The predicted molar refractivity (Wildman–Crippen MR) is 73.9 cm³/mol. The van der Waals surface area contributed by atoms with E-state index in [0.29, 0.717) is 16.7 Å².